The second kappa shape index (κ2) is 8.00. The smallest absolute Gasteiger partial charge is 0.274 e. The molecule has 3 rings (SSSR count). The summed E-state index contributed by atoms with van der Waals surface area (Å²) in [6.07, 6.45) is 8.21. The van der Waals surface area contributed by atoms with Crippen molar-refractivity contribution >= 4 is 17.4 Å². The first-order chi connectivity index (χ1) is 12.1. The summed E-state index contributed by atoms with van der Waals surface area (Å²) in [6.45, 7) is 0. The van der Waals surface area contributed by atoms with Gasteiger partial charge in [-0.05, 0) is 25.0 Å². The van der Waals surface area contributed by atoms with Gasteiger partial charge in [0.2, 0.25) is 0 Å². The number of carbonyl (C=O) groups is 1. The maximum atomic E-state index is 13.7. The van der Waals surface area contributed by atoms with Crippen LogP contribution in [0.4, 0.5) is 20.3 Å². The van der Waals surface area contributed by atoms with Crippen LogP contribution in [-0.2, 0) is 0 Å². The molecular formula is C18H20F2N4O. The molecule has 1 aliphatic rings. The van der Waals surface area contributed by atoms with E-state index in [1.165, 1.54) is 44.1 Å². The van der Waals surface area contributed by atoms with Crippen LogP contribution < -0.4 is 10.6 Å². The maximum absolute atomic E-state index is 13.7. The molecule has 1 saturated carbocycles. The van der Waals surface area contributed by atoms with E-state index in [0.717, 1.165) is 25.0 Å². The van der Waals surface area contributed by atoms with E-state index in [4.69, 9.17) is 0 Å². The minimum Gasteiger partial charge on any atom is -0.367 e. The van der Waals surface area contributed by atoms with Gasteiger partial charge in [-0.3, -0.25) is 4.79 Å². The number of nitrogens with zero attached hydrogens (tertiary/aromatic N) is 2. The van der Waals surface area contributed by atoms with Crippen LogP contribution in [0, 0.1) is 11.6 Å². The predicted molar refractivity (Wildman–Crippen MR) is 91.5 cm³/mol. The number of amides is 1. The molecule has 1 aromatic carbocycles. The van der Waals surface area contributed by atoms with Crippen LogP contribution in [0.3, 0.4) is 0 Å². The van der Waals surface area contributed by atoms with Gasteiger partial charge in [-0.2, -0.15) is 0 Å². The zero-order chi connectivity index (χ0) is 17.6. The van der Waals surface area contributed by atoms with Gasteiger partial charge >= 0.3 is 0 Å². The van der Waals surface area contributed by atoms with Crippen molar-refractivity contribution in [3.63, 3.8) is 0 Å². The summed E-state index contributed by atoms with van der Waals surface area (Å²) in [5, 5.41) is 5.55. The Morgan fingerprint density at radius 3 is 2.40 bits per heavy atom. The highest BCUT2D eigenvalue weighted by Crippen LogP contribution is 2.21. The first kappa shape index (κ1) is 17.3. The minimum atomic E-state index is -0.834. The van der Waals surface area contributed by atoms with E-state index in [0.29, 0.717) is 11.9 Å². The molecule has 0 radical (unpaired) electrons. The highest BCUT2D eigenvalue weighted by molar-refractivity contribution is 6.03. The lowest BCUT2D eigenvalue weighted by Gasteiger charge is -2.17. The third kappa shape index (κ3) is 4.49. The van der Waals surface area contributed by atoms with Crippen LogP contribution in [0.5, 0.6) is 0 Å². The van der Waals surface area contributed by atoms with Crippen molar-refractivity contribution in [1.82, 2.24) is 9.97 Å². The summed E-state index contributed by atoms with van der Waals surface area (Å²) < 4.78 is 27.3. The molecule has 1 heterocycles. The van der Waals surface area contributed by atoms with Gasteiger partial charge in [-0.25, -0.2) is 18.7 Å². The average molecular weight is 346 g/mol. The van der Waals surface area contributed by atoms with Crippen LogP contribution in [0.1, 0.15) is 49.0 Å². The highest BCUT2D eigenvalue weighted by atomic mass is 19.1. The summed E-state index contributed by atoms with van der Waals surface area (Å²) >= 11 is 0. The molecule has 1 amide bonds. The zero-order valence-electron chi connectivity index (χ0n) is 13.8. The van der Waals surface area contributed by atoms with E-state index >= 15 is 0 Å². The first-order valence-corrected chi connectivity index (χ1v) is 8.47. The molecule has 1 aliphatic carbocycles. The molecule has 0 aliphatic heterocycles. The Morgan fingerprint density at radius 2 is 1.72 bits per heavy atom. The van der Waals surface area contributed by atoms with Crippen molar-refractivity contribution in [2.24, 2.45) is 0 Å². The molecule has 0 atom stereocenters. The minimum absolute atomic E-state index is 0.0498. The number of anilines is 2. The van der Waals surface area contributed by atoms with E-state index in [-0.39, 0.29) is 5.69 Å². The number of hydrogen-bond donors (Lipinski definition) is 2. The molecule has 2 aromatic rings. The molecule has 1 aromatic heterocycles. The molecule has 132 valence electrons. The Kier molecular flexibility index (Phi) is 5.53. The maximum Gasteiger partial charge on any atom is 0.274 e. The average Bonchev–Trinajstić information content (AvgIpc) is 2.87. The number of hydrogen-bond acceptors (Lipinski definition) is 4. The van der Waals surface area contributed by atoms with Gasteiger partial charge in [0.15, 0.2) is 0 Å². The topological polar surface area (TPSA) is 66.9 Å². The predicted octanol–water partition coefficient (Wildman–Crippen LogP) is 4.14. The third-order valence-electron chi connectivity index (χ3n) is 4.31. The van der Waals surface area contributed by atoms with Crippen molar-refractivity contribution in [3.8, 4) is 0 Å². The Balaban J connectivity index is 1.71. The molecular weight excluding hydrogens is 326 g/mol. The van der Waals surface area contributed by atoms with E-state index in [1.54, 1.807) is 0 Å². The van der Waals surface area contributed by atoms with Crippen molar-refractivity contribution in [2.75, 3.05) is 10.6 Å². The number of benzene rings is 1. The molecule has 0 saturated heterocycles. The SMILES string of the molecule is O=C(Nc1c(F)cccc1F)c1cc(NC2CCCCCC2)ncn1. The fourth-order valence-electron chi connectivity index (χ4n) is 2.99. The number of aromatic nitrogens is 2. The van der Waals surface area contributed by atoms with Gasteiger partial charge in [0.05, 0.1) is 0 Å². The van der Waals surface area contributed by atoms with Gasteiger partial charge in [-0.1, -0.05) is 31.7 Å². The fraction of sp³-hybridized carbons (Fsp3) is 0.389. The molecule has 0 bridgehead atoms. The number of rotatable bonds is 4. The number of carbonyl (C=O) groups excluding carboxylic acids is 1. The molecule has 1 fully saturated rings. The summed E-state index contributed by atoms with van der Waals surface area (Å²) in [7, 11) is 0. The molecule has 5 nitrogen and oxygen atoms in total. The van der Waals surface area contributed by atoms with Gasteiger partial charge in [-0.15, -0.1) is 0 Å². The van der Waals surface area contributed by atoms with E-state index in [2.05, 4.69) is 20.6 Å². The van der Waals surface area contributed by atoms with Crippen molar-refractivity contribution < 1.29 is 13.6 Å². The van der Waals surface area contributed by atoms with Crippen LogP contribution in [-0.4, -0.2) is 21.9 Å². The summed E-state index contributed by atoms with van der Waals surface area (Å²) in [5.41, 5.74) is -0.432. The Morgan fingerprint density at radius 1 is 1.04 bits per heavy atom. The van der Waals surface area contributed by atoms with Crippen molar-refractivity contribution in [1.29, 1.82) is 0 Å². The van der Waals surface area contributed by atoms with Gasteiger partial charge in [0, 0.05) is 12.1 Å². The lowest BCUT2D eigenvalue weighted by Crippen LogP contribution is -2.21. The van der Waals surface area contributed by atoms with Crippen LogP contribution in [0.15, 0.2) is 30.6 Å². The molecule has 25 heavy (non-hydrogen) atoms. The molecule has 2 N–H and O–H groups in total. The van der Waals surface area contributed by atoms with E-state index in [1.807, 2.05) is 0 Å². The first-order valence-electron chi connectivity index (χ1n) is 8.47. The summed E-state index contributed by atoms with van der Waals surface area (Å²) in [5.74, 6) is -1.81. The van der Waals surface area contributed by atoms with E-state index < -0.39 is 23.2 Å². The third-order valence-corrected chi connectivity index (χ3v) is 4.31. The number of nitrogens with one attached hydrogen (secondary N) is 2. The van der Waals surface area contributed by atoms with Crippen molar-refractivity contribution in [3.05, 3.63) is 47.9 Å². The van der Waals surface area contributed by atoms with Gasteiger partial charge in [0.1, 0.15) is 35.2 Å². The standard InChI is InChI=1S/C18H20F2N4O/c19-13-8-5-9-14(20)17(13)24-18(25)15-10-16(22-11-21-15)23-12-6-3-1-2-4-7-12/h5,8-12H,1-4,6-7H2,(H,24,25)(H,21,22,23). The Hall–Kier alpha value is -2.57. The normalized spacial score (nSPS) is 15.4. The molecule has 0 spiro atoms. The van der Waals surface area contributed by atoms with Gasteiger partial charge in [0.25, 0.3) is 5.91 Å². The second-order valence-electron chi connectivity index (χ2n) is 6.17. The zero-order valence-corrected chi connectivity index (χ0v) is 13.8. The summed E-state index contributed by atoms with van der Waals surface area (Å²) in [4.78, 5) is 20.3. The largest absolute Gasteiger partial charge is 0.367 e. The lowest BCUT2D eigenvalue weighted by molar-refractivity contribution is 0.102. The quantitative estimate of drug-likeness (QED) is 0.817. The molecule has 7 heteroatoms. The van der Waals surface area contributed by atoms with Crippen LogP contribution in [0.2, 0.25) is 0 Å². The monoisotopic (exact) mass is 346 g/mol. The van der Waals surface area contributed by atoms with Crippen molar-refractivity contribution in [2.45, 2.75) is 44.6 Å². The highest BCUT2D eigenvalue weighted by Gasteiger charge is 2.17. The van der Waals surface area contributed by atoms with E-state index in [9.17, 15) is 13.6 Å². The fourth-order valence-corrected chi connectivity index (χ4v) is 2.99. The van der Waals surface area contributed by atoms with Gasteiger partial charge < -0.3 is 10.6 Å². The summed E-state index contributed by atoms with van der Waals surface area (Å²) in [6, 6.07) is 5.21. The number of halogens is 2. The lowest BCUT2D eigenvalue weighted by atomic mass is 10.1. The number of para-hydroxylation sites is 1. The van der Waals surface area contributed by atoms with Crippen LogP contribution in [0.25, 0.3) is 0 Å². The second-order valence-corrected chi connectivity index (χ2v) is 6.17. The molecule has 0 unspecified atom stereocenters. The Labute approximate surface area is 144 Å². The van der Waals surface area contributed by atoms with Crippen LogP contribution >= 0.6 is 0 Å². The Bertz CT molecular complexity index is 725.